The molecule has 1 atom stereocenters. The van der Waals surface area contributed by atoms with Crippen molar-refractivity contribution in [2.75, 3.05) is 19.0 Å². The van der Waals surface area contributed by atoms with Crippen molar-refractivity contribution < 1.29 is 4.74 Å². The van der Waals surface area contributed by atoms with Gasteiger partial charge in [-0.05, 0) is 37.6 Å². The van der Waals surface area contributed by atoms with Gasteiger partial charge < -0.3 is 10.1 Å². The summed E-state index contributed by atoms with van der Waals surface area (Å²) in [5.41, 5.74) is 2.10. The molecule has 96 valence electrons. The van der Waals surface area contributed by atoms with Crippen LogP contribution in [0.4, 0.5) is 5.82 Å². The number of methoxy groups -OCH3 is 1. The third-order valence-electron chi connectivity index (χ3n) is 2.79. The number of fused-ring (bicyclic) bond motifs is 1. The standard InChI is InChI=1S/C14H17ClN2O/c1-9-6-14(16-10(2)8-18-3)17-13-7-11(15)4-5-12(9)13/h4-7,10H,8H2,1-3H3,(H,16,17). The molecular weight excluding hydrogens is 248 g/mol. The van der Waals surface area contributed by atoms with Gasteiger partial charge in [0.25, 0.3) is 0 Å². The quantitative estimate of drug-likeness (QED) is 0.915. The lowest BCUT2D eigenvalue weighted by molar-refractivity contribution is 0.190. The molecule has 0 fully saturated rings. The third-order valence-corrected chi connectivity index (χ3v) is 3.02. The Morgan fingerprint density at radius 1 is 1.39 bits per heavy atom. The molecular formula is C14H17ClN2O. The summed E-state index contributed by atoms with van der Waals surface area (Å²) < 4.78 is 5.10. The molecule has 0 aliphatic carbocycles. The molecule has 1 aromatic carbocycles. The van der Waals surface area contributed by atoms with Gasteiger partial charge in [0.1, 0.15) is 5.82 Å². The van der Waals surface area contributed by atoms with Crippen molar-refractivity contribution in [1.29, 1.82) is 0 Å². The van der Waals surface area contributed by atoms with Gasteiger partial charge in [-0.2, -0.15) is 0 Å². The number of aromatic nitrogens is 1. The largest absolute Gasteiger partial charge is 0.383 e. The summed E-state index contributed by atoms with van der Waals surface area (Å²) >= 11 is 6.00. The molecule has 1 aromatic heterocycles. The van der Waals surface area contributed by atoms with E-state index in [2.05, 4.69) is 24.1 Å². The van der Waals surface area contributed by atoms with Gasteiger partial charge in [0.2, 0.25) is 0 Å². The lowest BCUT2D eigenvalue weighted by Gasteiger charge is -2.14. The number of ether oxygens (including phenoxy) is 1. The van der Waals surface area contributed by atoms with Crippen LogP contribution in [0.1, 0.15) is 12.5 Å². The van der Waals surface area contributed by atoms with Gasteiger partial charge in [-0.1, -0.05) is 17.7 Å². The zero-order chi connectivity index (χ0) is 13.1. The van der Waals surface area contributed by atoms with E-state index in [0.717, 1.165) is 16.7 Å². The highest BCUT2D eigenvalue weighted by Crippen LogP contribution is 2.23. The molecule has 1 heterocycles. The number of anilines is 1. The van der Waals surface area contributed by atoms with Crippen molar-refractivity contribution in [2.24, 2.45) is 0 Å². The molecule has 0 saturated carbocycles. The number of nitrogens with zero attached hydrogens (tertiary/aromatic N) is 1. The number of hydrogen-bond acceptors (Lipinski definition) is 3. The highest BCUT2D eigenvalue weighted by molar-refractivity contribution is 6.31. The zero-order valence-corrected chi connectivity index (χ0v) is 11.6. The van der Waals surface area contributed by atoms with Crippen molar-refractivity contribution in [3.63, 3.8) is 0 Å². The Labute approximate surface area is 112 Å². The summed E-state index contributed by atoms with van der Waals surface area (Å²) in [7, 11) is 1.69. The second-order valence-electron chi connectivity index (χ2n) is 4.49. The summed E-state index contributed by atoms with van der Waals surface area (Å²) in [4.78, 5) is 4.57. The van der Waals surface area contributed by atoms with Gasteiger partial charge in [0, 0.05) is 23.6 Å². The average Bonchev–Trinajstić information content (AvgIpc) is 2.28. The number of hydrogen-bond donors (Lipinski definition) is 1. The van der Waals surface area contributed by atoms with Crippen LogP contribution in [0.3, 0.4) is 0 Å². The van der Waals surface area contributed by atoms with Gasteiger partial charge in [-0.3, -0.25) is 0 Å². The van der Waals surface area contributed by atoms with E-state index in [1.54, 1.807) is 7.11 Å². The number of nitrogens with one attached hydrogen (secondary N) is 1. The summed E-state index contributed by atoms with van der Waals surface area (Å²) in [6, 6.07) is 8.04. The first-order chi connectivity index (χ1) is 8.60. The van der Waals surface area contributed by atoms with Crippen LogP contribution < -0.4 is 5.32 Å². The van der Waals surface area contributed by atoms with E-state index in [0.29, 0.717) is 11.6 Å². The number of rotatable bonds is 4. The molecule has 3 nitrogen and oxygen atoms in total. The number of halogens is 1. The normalized spacial score (nSPS) is 12.7. The average molecular weight is 265 g/mol. The molecule has 0 radical (unpaired) electrons. The van der Waals surface area contributed by atoms with E-state index >= 15 is 0 Å². The SMILES string of the molecule is COCC(C)Nc1cc(C)c2ccc(Cl)cc2n1. The first-order valence-corrected chi connectivity index (χ1v) is 6.30. The fourth-order valence-electron chi connectivity index (χ4n) is 1.99. The molecule has 0 aliphatic rings. The summed E-state index contributed by atoms with van der Waals surface area (Å²) in [5.74, 6) is 0.854. The lowest BCUT2D eigenvalue weighted by Crippen LogP contribution is -2.21. The summed E-state index contributed by atoms with van der Waals surface area (Å²) in [6.45, 7) is 4.78. The molecule has 0 spiro atoms. The molecule has 0 amide bonds. The van der Waals surface area contributed by atoms with E-state index in [-0.39, 0.29) is 6.04 Å². The van der Waals surface area contributed by atoms with E-state index in [1.165, 1.54) is 5.56 Å². The third kappa shape index (κ3) is 2.92. The second kappa shape index (κ2) is 5.55. The number of benzene rings is 1. The Balaban J connectivity index is 2.35. The Kier molecular flexibility index (Phi) is 4.04. The minimum absolute atomic E-state index is 0.221. The molecule has 0 bridgehead atoms. The lowest BCUT2D eigenvalue weighted by atomic mass is 10.1. The smallest absolute Gasteiger partial charge is 0.127 e. The first kappa shape index (κ1) is 13.1. The molecule has 18 heavy (non-hydrogen) atoms. The van der Waals surface area contributed by atoms with Gasteiger partial charge in [0.05, 0.1) is 12.1 Å². The predicted molar refractivity (Wildman–Crippen MR) is 76.5 cm³/mol. The van der Waals surface area contributed by atoms with Crippen LogP contribution in [-0.2, 0) is 4.74 Å². The molecule has 2 aromatic rings. The maximum absolute atomic E-state index is 6.00. The number of pyridine rings is 1. The summed E-state index contributed by atoms with van der Waals surface area (Å²) in [6.07, 6.45) is 0. The van der Waals surface area contributed by atoms with Gasteiger partial charge in [0.15, 0.2) is 0 Å². The molecule has 0 aliphatic heterocycles. The van der Waals surface area contributed by atoms with E-state index in [9.17, 15) is 0 Å². The van der Waals surface area contributed by atoms with Crippen LogP contribution in [0.2, 0.25) is 5.02 Å². The Morgan fingerprint density at radius 3 is 2.89 bits per heavy atom. The number of aryl methyl sites for hydroxylation is 1. The Bertz CT molecular complexity index is 557. The summed E-state index contributed by atoms with van der Waals surface area (Å²) in [5, 5.41) is 5.15. The van der Waals surface area contributed by atoms with Crippen LogP contribution in [-0.4, -0.2) is 24.7 Å². The highest BCUT2D eigenvalue weighted by atomic mass is 35.5. The van der Waals surface area contributed by atoms with E-state index in [1.807, 2.05) is 24.3 Å². The fourth-order valence-corrected chi connectivity index (χ4v) is 2.16. The molecule has 0 saturated heterocycles. The minimum atomic E-state index is 0.221. The first-order valence-electron chi connectivity index (χ1n) is 5.92. The van der Waals surface area contributed by atoms with Crippen molar-refractivity contribution in [3.8, 4) is 0 Å². The van der Waals surface area contributed by atoms with Crippen LogP contribution in [0.5, 0.6) is 0 Å². The van der Waals surface area contributed by atoms with Crippen molar-refractivity contribution in [3.05, 3.63) is 34.9 Å². The van der Waals surface area contributed by atoms with Crippen LogP contribution in [0.15, 0.2) is 24.3 Å². The van der Waals surface area contributed by atoms with Crippen molar-refractivity contribution in [1.82, 2.24) is 4.98 Å². The maximum Gasteiger partial charge on any atom is 0.127 e. The van der Waals surface area contributed by atoms with Crippen LogP contribution >= 0.6 is 11.6 Å². The molecule has 1 unspecified atom stereocenters. The zero-order valence-electron chi connectivity index (χ0n) is 10.8. The molecule has 4 heteroatoms. The Hall–Kier alpha value is -1.32. The molecule has 1 N–H and O–H groups in total. The van der Waals surface area contributed by atoms with Crippen LogP contribution in [0.25, 0.3) is 10.9 Å². The molecule has 2 rings (SSSR count). The monoisotopic (exact) mass is 264 g/mol. The second-order valence-corrected chi connectivity index (χ2v) is 4.92. The van der Waals surface area contributed by atoms with Gasteiger partial charge in [-0.15, -0.1) is 0 Å². The van der Waals surface area contributed by atoms with Crippen molar-refractivity contribution in [2.45, 2.75) is 19.9 Å². The van der Waals surface area contributed by atoms with E-state index < -0.39 is 0 Å². The van der Waals surface area contributed by atoms with Crippen molar-refractivity contribution >= 4 is 28.3 Å². The van der Waals surface area contributed by atoms with Gasteiger partial charge in [-0.25, -0.2) is 4.98 Å². The Morgan fingerprint density at radius 2 is 2.17 bits per heavy atom. The topological polar surface area (TPSA) is 34.1 Å². The fraction of sp³-hybridized carbons (Fsp3) is 0.357. The highest BCUT2D eigenvalue weighted by Gasteiger charge is 2.06. The van der Waals surface area contributed by atoms with Crippen LogP contribution in [0, 0.1) is 6.92 Å². The maximum atomic E-state index is 6.00. The van der Waals surface area contributed by atoms with E-state index in [4.69, 9.17) is 16.3 Å². The van der Waals surface area contributed by atoms with Gasteiger partial charge >= 0.3 is 0 Å². The minimum Gasteiger partial charge on any atom is -0.383 e. The predicted octanol–water partition coefficient (Wildman–Crippen LogP) is 3.64.